The van der Waals surface area contributed by atoms with Gasteiger partial charge in [0.2, 0.25) is 0 Å². The Morgan fingerprint density at radius 1 is 1.39 bits per heavy atom. The summed E-state index contributed by atoms with van der Waals surface area (Å²) in [7, 11) is 1.96. The second-order valence-electron chi connectivity index (χ2n) is 4.69. The van der Waals surface area contributed by atoms with E-state index < -0.39 is 0 Å². The molecule has 1 aliphatic rings. The number of aryl methyl sites for hydroxylation is 2. The molecular formula is C14H17N3S. The molecule has 1 unspecified atom stereocenters. The first-order valence-corrected chi connectivity index (χ1v) is 7.42. The molecule has 0 amide bonds. The smallest absolute Gasteiger partial charge is 0.138 e. The van der Waals surface area contributed by atoms with Crippen molar-refractivity contribution in [2.45, 2.75) is 30.3 Å². The van der Waals surface area contributed by atoms with E-state index in [2.05, 4.69) is 34.3 Å². The van der Waals surface area contributed by atoms with E-state index in [9.17, 15) is 0 Å². The van der Waals surface area contributed by atoms with Crippen LogP contribution in [0.3, 0.4) is 0 Å². The second-order valence-corrected chi connectivity index (χ2v) is 5.88. The van der Waals surface area contributed by atoms with Crippen LogP contribution in [0.1, 0.15) is 35.0 Å². The zero-order valence-electron chi connectivity index (χ0n) is 10.5. The molecule has 1 atom stereocenters. The molecule has 94 valence electrons. The highest BCUT2D eigenvalue weighted by molar-refractivity contribution is 7.98. The van der Waals surface area contributed by atoms with Crippen molar-refractivity contribution in [1.82, 2.24) is 14.8 Å². The quantitative estimate of drug-likeness (QED) is 0.848. The molecule has 18 heavy (non-hydrogen) atoms. The fraction of sp³-hybridized carbons (Fsp3) is 0.429. The van der Waals surface area contributed by atoms with E-state index in [0.29, 0.717) is 5.25 Å². The van der Waals surface area contributed by atoms with E-state index in [4.69, 9.17) is 0 Å². The van der Waals surface area contributed by atoms with Crippen LogP contribution in [-0.2, 0) is 19.2 Å². The number of thioether (sulfide) groups is 1. The van der Waals surface area contributed by atoms with Crippen LogP contribution in [0.2, 0.25) is 0 Å². The fourth-order valence-electron chi connectivity index (χ4n) is 2.51. The maximum absolute atomic E-state index is 4.29. The normalized spacial score (nSPS) is 18.6. The minimum atomic E-state index is 0.617. The highest BCUT2D eigenvalue weighted by atomic mass is 32.2. The van der Waals surface area contributed by atoms with E-state index in [1.165, 1.54) is 30.4 Å². The van der Waals surface area contributed by atoms with Crippen LogP contribution >= 0.6 is 11.8 Å². The molecular weight excluding hydrogens is 242 g/mol. The van der Waals surface area contributed by atoms with Crippen molar-refractivity contribution < 1.29 is 0 Å². The summed E-state index contributed by atoms with van der Waals surface area (Å²) in [6.45, 7) is 0. The van der Waals surface area contributed by atoms with Gasteiger partial charge < -0.3 is 0 Å². The minimum Gasteiger partial charge on any atom is -0.252 e. The molecule has 1 aromatic heterocycles. The molecule has 0 saturated carbocycles. The van der Waals surface area contributed by atoms with Crippen LogP contribution in [0.25, 0.3) is 0 Å². The Balaban J connectivity index is 1.73. The largest absolute Gasteiger partial charge is 0.252 e. The van der Waals surface area contributed by atoms with Gasteiger partial charge in [-0.3, -0.25) is 4.68 Å². The molecule has 3 nitrogen and oxygen atoms in total. The summed E-state index contributed by atoms with van der Waals surface area (Å²) >= 11 is 1.99. The molecule has 0 radical (unpaired) electrons. The van der Waals surface area contributed by atoms with Crippen LogP contribution in [0, 0.1) is 0 Å². The summed E-state index contributed by atoms with van der Waals surface area (Å²) in [5.74, 6) is 2.00. The molecule has 1 heterocycles. The van der Waals surface area contributed by atoms with Gasteiger partial charge in [-0.25, -0.2) is 4.98 Å². The number of hydrogen-bond acceptors (Lipinski definition) is 3. The topological polar surface area (TPSA) is 30.7 Å². The molecule has 2 aromatic rings. The SMILES string of the molecule is Cn1ncnc1CSC1CCCc2ccccc21. The van der Waals surface area contributed by atoms with E-state index in [1.54, 1.807) is 6.33 Å². The van der Waals surface area contributed by atoms with Gasteiger partial charge in [0.25, 0.3) is 0 Å². The van der Waals surface area contributed by atoms with Crippen LogP contribution in [0.4, 0.5) is 0 Å². The third-order valence-corrected chi connectivity index (χ3v) is 4.85. The molecule has 0 aliphatic heterocycles. The molecule has 4 heteroatoms. The molecule has 0 bridgehead atoms. The van der Waals surface area contributed by atoms with Crippen molar-refractivity contribution in [2.24, 2.45) is 7.05 Å². The lowest BCUT2D eigenvalue weighted by atomic mass is 9.91. The van der Waals surface area contributed by atoms with Crippen molar-refractivity contribution >= 4 is 11.8 Å². The second kappa shape index (κ2) is 5.14. The van der Waals surface area contributed by atoms with Crippen molar-refractivity contribution in [3.63, 3.8) is 0 Å². The molecule has 1 aliphatic carbocycles. The van der Waals surface area contributed by atoms with Crippen LogP contribution in [0.5, 0.6) is 0 Å². The standard InChI is InChI=1S/C14H17N3S/c1-17-14(15-10-16-17)9-18-13-8-4-6-11-5-2-3-7-12(11)13/h2-3,5,7,10,13H,4,6,8-9H2,1H3. The molecule has 0 saturated heterocycles. The Hall–Kier alpha value is -1.29. The number of benzene rings is 1. The molecule has 0 N–H and O–H groups in total. The van der Waals surface area contributed by atoms with E-state index in [-0.39, 0.29) is 0 Å². The van der Waals surface area contributed by atoms with Gasteiger partial charge >= 0.3 is 0 Å². The fourth-order valence-corrected chi connectivity index (χ4v) is 3.86. The van der Waals surface area contributed by atoms with E-state index in [1.807, 2.05) is 23.5 Å². The minimum absolute atomic E-state index is 0.617. The zero-order valence-corrected chi connectivity index (χ0v) is 11.4. The summed E-state index contributed by atoms with van der Waals surface area (Å²) in [6.07, 6.45) is 5.44. The van der Waals surface area contributed by atoms with Gasteiger partial charge in [-0.15, -0.1) is 11.8 Å². The lowest BCUT2D eigenvalue weighted by Gasteiger charge is -2.24. The third kappa shape index (κ3) is 2.29. The van der Waals surface area contributed by atoms with Gasteiger partial charge in [0.15, 0.2) is 0 Å². The van der Waals surface area contributed by atoms with E-state index >= 15 is 0 Å². The summed E-state index contributed by atoms with van der Waals surface area (Å²) in [6, 6.07) is 8.85. The van der Waals surface area contributed by atoms with Crippen molar-refractivity contribution in [3.8, 4) is 0 Å². The highest BCUT2D eigenvalue weighted by Crippen LogP contribution is 2.40. The Bertz CT molecular complexity index is 535. The maximum Gasteiger partial charge on any atom is 0.138 e. The molecule has 0 fully saturated rings. The van der Waals surface area contributed by atoms with Gasteiger partial charge in [-0.1, -0.05) is 24.3 Å². The monoisotopic (exact) mass is 259 g/mol. The number of fused-ring (bicyclic) bond motifs is 1. The summed E-state index contributed by atoms with van der Waals surface area (Å²) in [5, 5.41) is 4.73. The van der Waals surface area contributed by atoms with Gasteiger partial charge in [0, 0.05) is 12.3 Å². The van der Waals surface area contributed by atoms with Crippen molar-refractivity contribution in [1.29, 1.82) is 0 Å². The first-order valence-electron chi connectivity index (χ1n) is 6.37. The Morgan fingerprint density at radius 2 is 2.28 bits per heavy atom. The lowest BCUT2D eigenvalue weighted by molar-refractivity contribution is 0.671. The molecule has 3 rings (SSSR count). The Labute approximate surface area is 112 Å². The first kappa shape index (κ1) is 11.8. The average Bonchev–Trinajstić information content (AvgIpc) is 2.82. The first-order chi connectivity index (χ1) is 8.84. The van der Waals surface area contributed by atoms with Crippen LogP contribution in [-0.4, -0.2) is 14.8 Å². The van der Waals surface area contributed by atoms with Gasteiger partial charge in [-0.2, -0.15) is 5.10 Å². The van der Waals surface area contributed by atoms with E-state index in [0.717, 1.165) is 11.6 Å². The summed E-state index contributed by atoms with van der Waals surface area (Å²) in [5.41, 5.74) is 3.05. The third-order valence-electron chi connectivity index (χ3n) is 3.53. The highest BCUT2D eigenvalue weighted by Gasteiger charge is 2.20. The Kier molecular flexibility index (Phi) is 3.37. The van der Waals surface area contributed by atoms with Gasteiger partial charge in [0.1, 0.15) is 12.2 Å². The van der Waals surface area contributed by atoms with Crippen molar-refractivity contribution in [2.75, 3.05) is 0 Å². The zero-order chi connectivity index (χ0) is 12.4. The molecule has 0 spiro atoms. The number of nitrogens with zero attached hydrogens (tertiary/aromatic N) is 3. The number of hydrogen-bond donors (Lipinski definition) is 0. The maximum atomic E-state index is 4.29. The van der Waals surface area contributed by atoms with Crippen molar-refractivity contribution in [3.05, 3.63) is 47.5 Å². The van der Waals surface area contributed by atoms with Gasteiger partial charge in [-0.05, 0) is 30.4 Å². The van der Waals surface area contributed by atoms with Gasteiger partial charge in [0.05, 0.1) is 5.75 Å². The summed E-state index contributed by atoms with van der Waals surface area (Å²) in [4.78, 5) is 4.29. The van der Waals surface area contributed by atoms with Crippen LogP contribution < -0.4 is 0 Å². The number of aromatic nitrogens is 3. The summed E-state index contributed by atoms with van der Waals surface area (Å²) < 4.78 is 1.86. The predicted octanol–water partition coefficient (Wildman–Crippen LogP) is 3.13. The molecule has 1 aromatic carbocycles. The lowest BCUT2D eigenvalue weighted by Crippen LogP contribution is -2.08. The average molecular weight is 259 g/mol. The number of rotatable bonds is 3. The van der Waals surface area contributed by atoms with Crippen LogP contribution in [0.15, 0.2) is 30.6 Å². The Morgan fingerprint density at radius 3 is 3.11 bits per heavy atom. The predicted molar refractivity (Wildman–Crippen MR) is 74.4 cm³/mol.